The first-order valence-electron chi connectivity index (χ1n) is 6.37. The fourth-order valence-electron chi connectivity index (χ4n) is 1.91. The lowest BCUT2D eigenvalue weighted by Gasteiger charge is -2.15. The molecule has 0 saturated carbocycles. The van der Waals surface area contributed by atoms with Gasteiger partial charge in [-0.05, 0) is 12.6 Å². The second kappa shape index (κ2) is 6.55. The first-order chi connectivity index (χ1) is 10.8. The molecule has 0 spiro atoms. The molecule has 0 aliphatic rings. The molecule has 124 valence electrons. The Balaban J connectivity index is 2.57. The van der Waals surface area contributed by atoms with Crippen molar-refractivity contribution in [3.8, 4) is 0 Å². The first kappa shape index (κ1) is 17.2. The van der Waals surface area contributed by atoms with Crippen LogP contribution in [0.3, 0.4) is 0 Å². The summed E-state index contributed by atoms with van der Waals surface area (Å²) in [6.07, 6.45) is 0. The van der Waals surface area contributed by atoms with Crippen molar-refractivity contribution in [1.29, 1.82) is 0 Å². The van der Waals surface area contributed by atoms with Crippen LogP contribution in [0.25, 0.3) is 0 Å². The molecule has 0 heterocycles. The number of hydrogen-bond donors (Lipinski definition) is 2. The van der Waals surface area contributed by atoms with Crippen LogP contribution in [-0.2, 0) is 16.6 Å². The summed E-state index contributed by atoms with van der Waals surface area (Å²) in [5.74, 6) is -8.09. The molecular weight excluding hydrogens is 336 g/mol. The SMILES string of the molecule is CNS(=O)(=O)c1c(F)c(F)c(F)c(F)c1NCc1ccccc1. The molecule has 0 aliphatic heterocycles. The lowest BCUT2D eigenvalue weighted by molar-refractivity contribution is 0.398. The summed E-state index contributed by atoms with van der Waals surface area (Å²) < 4.78 is 80.0. The predicted octanol–water partition coefficient (Wildman–Crippen LogP) is 2.76. The summed E-state index contributed by atoms with van der Waals surface area (Å²) >= 11 is 0. The second-order valence-electron chi connectivity index (χ2n) is 4.51. The Kier molecular flexibility index (Phi) is 4.90. The van der Waals surface area contributed by atoms with Crippen molar-refractivity contribution < 1.29 is 26.0 Å². The van der Waals surface area contributed by atoms with Crippen LogP contribution in [0.5, 0.6) is 0 Å². The van der Waals surface area contributed by atoms with E-state index < -0.39 is 43.9 Å². The summed E-state index contributed by atoms with van der Waals surface area (Å²) in [5, 5.41) is 2.31. The topological polar surface area (TPSA) is 58.2 Å². The highest BCUT2D eigenvalue weighted by atomic mass is 32.2. The highest BCUT2D eigenvalue weighted by Gasteiger charge is 2.32. The van der Waals surface area contributed by atoms with E-state index in [0.717, 1.165) is 7.05 Å². The molecular formula is C14H12F4N2O2S. The van der Waals surface area contributed by atoms with Gasteiger partial charge >= 0.3 is 0 Å². The summed E-state index contributed by atoms with van der Waals surface area (Å²) in [6.45, 7) is -0.117. The van der Waals surface area contributed by atoms with Crippen LogP contribution in [-0.4, -0.2) is 15.5 Å². The van der Waals surface area contributed by atoms with Crippen LogP contribution in [0.1, 0.15) is 5.56 Å². The molecule has 0 aromatic heterocycles. The number of nitrogens with one attached hydrogen (secondary N) is 2. The zero-order valence-electron chi connectivity index (χ0n) is 11.8. The minimum atomic E-state index is -4.56. The standard InChI is InChI=1S/C14H12F4N2O2S/c1-19-23(21,22)14-12(18)10(16)9(15)11(17)13(14)20-7-8-5-3-2-4-6-8/h2-6,19-20H,7H2,1H3. The lowest BCUT2D eigenvalue weighted by Crippen LogP contribution is -2.23. The molecule has 0 bridgehead atoms. The van der Waals surface area contributed by atoms with Gasteiger partial charge in [0.15, 0.2) is 23.3 Å². The van der Waals surface area contributed by atoms with Crippen LogP contribution in [0, 0.1) is 23.3 Å². The Morgan fingerprint density at radius 2 is 1.48 bits per heavy atom. The van der Waals surface area contributed by atoms with Crippen LogP contribution >= 0.6 is 0 Å². The third-order valence-corrected chi connectivity index (χ3v) is 4.53. The third kappa shape index (κ3) is 3.30. The zero-order valence-corrected chi connectivity index (χ0v) is 12.6. The normalized spacial score (nSPS) is 11.5. The van der Waals surface area contributed by atoms with Gasteiger partial charge in [-0.3, -0.25) is 0 Å². The van der Waals surface area contributed by atoms with Crippen LogP contribution in [0.15, 0.2) is 35.2 Å². The van der Waals surface area contributed by atoms with E-state index in [1.54, 1.807) is 35.1 Å². The summed E-state index contributed by atoms with van der Waals surface area (Å²) in [6, 6.07) is 8.33. The van der Waals surface area contributed by atoms with E-state index in [-0.39, 0.29) is 6.54 Å². The summed E-state index contributed by atoms with van der Waals surface area (Å²) in [7, 11) is -3.62. The van der Waals surface area contributed by atoms with E-state index >= 15 is 0 Å². The number of benzene rings is 2. The van der Waals surface area contributed by atoms with Gasteiger partial charge < -0.3 is 5.32 Å². The Labute approximate surface area is 130 Å². The Hall–Kier alpha value is -2.13. The Morgan fingerprint density at radius 3 is 2.04 bits per heavy atom. The van der Waals surface area contributed by atoms with Crippen molar-refractivity contribution in [3.05, 3.63) is 59.2 Å². The average Bonchev–Trinajstić information content (AvgIpc) is 2.55. The maximum absolute atomic E-state index is 13.9. The van der Waals surface area contributed by atoms with Crippen LogP contribution in [0.2, 0.25) is 0 Å². The molecule has 2 aromatic carbocycles. The minimum Gasteiger partial charge on any atom is -0.377 e. The molecule has 2 aromatic rings. The third-order valence-electron chi connectivity index (χ3n) is 3.07. The second-order valence-corrected chi connectivity index (χ2v) is 6.33. The van der Waals surface area contributed by atoms with E-state index in [1.807, 2.05) is 0 Å². The van der Waals surface area contributed by atoms with Crippen molar-refractivity contribution in [2.45, 2.75) is 11.4 Å². The molecule has 9 heteroatoms. The largest absolute Gasteiger partial charge is 0.377 e. The van der Waals surface area contributed by atoms with E-state index in [2.05, 4.69) is 5.32 Å². The lowest BCUT2D eigenvalue weighted by atomic mass is 10.2. The fourth-order valence-corrected chi connectivity index (χ4v) is 2.87. The molecule has 0 radical (unpaired) electrons. The van der Waals surface area contributed by atoms with Gasteiger partial charge in [0.05, 0.1) is 5.69 Å². The van der Waals surface area contributed by atoms with Gasteiger partial charge in [-0.2, -0.15) is 0 Å². The van der Waals surface area contributed by atoms with Crippen molar-refractivity contribution in [2.24, 2.45) is 0 Å². The molecule has 0 atom stereocenters. The van der Waals surface area contributed by atoms with Crippen molar-refractivity contribution in [1.82, 2.24) is 4.72 Å². The van der Waals surface area contributed by atoms with Crippen LogP contribution < -0.4 is 10.0 Å². The zero-order chi connectivity index (χ0) is 17.2. The summed E-state index contributed by atoms with van der Waals surface area (Å²) in [5.41, 5.74) is -0.371. The molecule has 0 aliphatic carbocycles. The molecule has 4 nitrogen and oxygen atoms in total. The van der Waals surface area contributed by atoms with Gasteiger partial charge in [0.1, 0.15) is 4.90 Å². The summed E-state index contributed by atoms with van der Waals surface area (Å²) in [4.78, 5) is -1.31. The van der Waals surface area contributed by atoms with Gasteiger partial charge in [-0.25, -0.2) is 30.7 Å². The van der Waals surface area contributed by atoms with Crippen molar-refractivity contribution in [3.63, 3.8) is 0 Å². The van der Waals surface area contributed by atoms with E-state index in [1.165, 1.54) is 0 Å². The van der Waals surface area contributed by atoms with Gasteiger partial charge in [0, 0.05) is 6.54 Å². The number of sulfonamides is 1. The van der Waals surface area contributed by atoms with E-state index in [4.69, 9.17) is 0 Å². The minimum absolute atomic E-state index is 0.117. The molecule has 0 unspecified atom stereocenters. The predicted molar refractivity (Wildman–Crippen MR) is 76.3 cm³/mol. The Morgan fingerprint density at radius 1 is 0.913 bits per heavy atom. The maximum atomic E-state index is 13.9. The molecule has 2 N–H and O–H groups in total. The molecule has 23 heavy (non-hydrogen) atoms. The van der Waals surface area contributed by atoms with Crippen molar-refractivity contribution in [2.75, 3.05) is 12.4 Å². The number of anilines is 1. The van der Waals surface area contributed by atoms with E-state index in [9.17, 15) is 26.0 Å². The monoisotopic (exact) mass is 348 g/mol. The Bertz CT molecular complexity index is 827. The highest BCUT2D eigenvalue weighted by molar-refractivity contribution is 7.89. The number of halogens is 4. The number of rotatable bonds is 5. The van der Waals surface area contributed by atoms with Gasteiger partial charge in [0.25, 0.3) is 0 Å². The van der Waals surface area contributed by atoms with Crippen molar-refractivity contribution >= 4 is 15.7 Å². The number of hydrogen-bond acceptors (Lipinski definition) is 3. The molecule has 0 amide bonds. The fraction of sp³-hybridized carbons (Fsp3) is 0.143. The molecule has 0 fully saturated rings. The first-order valence-corrected chi connectivity index (χ1v) is 7.85. The van der Waals surface area contributed by atoms with E-state index in [0.29, 0.717) is 5.56 Å². The average molecular weight is 348 g/mol. The highest BCUT2D eigenvalue weighted by Crippen LogP contribution is 2.32. The van der Waals surface area contributed by atoms with Gasteiger partial charge in [0.2, 0.25) is 10.0 Å². The quantitative estimate of drug-likeness (QED) is 0.496. The van der Waals surface area contributed by atoms with Gasteiger partial charge in [-0.1, -0.05) is 30.3 Å². The maximum Gasteiger partial charge on any atom is 0.245 e. The van der Waals surface area contributed by atoms with Gasteiger partial charge in [-0.15, -0.1) is 0 Å². The van der Waals surface area contributed by atoms with Crippen LogP contribution in [0.4, 0.5) is 23.2 Å². The smallest absolute Gasteiger partial charge is 0.245 e. The molecule has 2 rings (SSSR count). The molecule has 0 saturated heterocycles.